The monoisotopic (exact) mass is 785 g/mol. The standard InChI is InChI=1S/C40H49F2N11O4/c1-3-27-15-16-45-37(47-27)29(22-43)38(55)48-30(34(44)36(41)42)23-46-28-11-9-25(10-12-28)24-52-20-18-51(19-21-52)17-5-7-26-6-4-8-31-35(26)50(2)40(57)53(31)32-13-14-33(54)49-39(32)56/h4,6,8,15-16,22-23,25,28,32,36,43-46H,3,9-14,17-21,24H2,1-2H3,(H,48,55)(H,49,54,56)/b30-23+,37-29-,43-22?,44-34?/t25-,28-,32?. The predicted octanol–water partition coefficient (Wildman–Crippen LogP) is 2.51. The lowest BCUT2D eigenvalue weighted by Crippen LogP contribution is -2.48. The van der Waals surface area contributed by atoms with E-state index < -0.39 is 30.0 Å². The molecule has 3 amide bonds. The lowest BCUT2D eigenvalue weighted by atomic mass is 9.85. The summed E-state index contributed by atoms with van der Waals surface area (Å²) in [4.78, 5) is 59.6. The van der Waals surface area contributed by atoms with Crippen LogP contribution in [0.15, 0.2) is 63.6 Å². The van der Waals surface area contributed by atoms with E-state index in [1.807, 2.05) is 19.1 Å². The molecule has 1 unspecified atom stereocenters. The molecule has 302 valence electrons. The van der Waals surface area contributed by atoms with Gasteiger partial charge in [-0.3, -0.25) is 39.1 Å². The minimum absolute atomic E-state index is 0.000673. The van der Waals surface area contributed by atoms with Crippen LogP contribution in [-0.2, 0) is 21.4 Å². The number of imide groups is 1. The van der Waals surface area contributed by atoms with E-state index in [1.165, 1.54) is 15.3 Å². The maximum Gasteiger partial charge on any atom is 0.329 e. The quantitative estimate of drug-likeness (QED) is 0.0819. The summed E-state index contributed by atoms with van der Waals surface area (Å²) in [6, 6.07) is 4.74. The second-order valence-corrected chi connectivity index (χ2v) is 14.7. The molecular formula is C40H49F2N11O4. The number of allylic oxidation sites excluding steroid dienone is 2. The van der Waals surface area contributed by atoms with E-state index in [0.29, 0.717) is 41.2 Å². The number of aromatic nitrogens is 2. The van der Waals surface area contributed by atoms with Crippen molar-refractivity contribution in [3.05, 3.63) is 69.8 Å². The van der Waals surface area contributed by atoms with Crippen molar-refractivity contribution in [3.8, 4) is 11.8 Å². The highest BCUT2D eigenvalue weighted by Gasteiger charge is 2.32. The van der Waals surface area contributed by atoms with Crippen molar-refractivity contribution in [1.82, 2.24) is 40.2 Å². The normalized spacial score (nSPS) is 22.9. The molecule has 2 saturated heterocycles. The predicted molar refractivity (Wildman–Crippen MR) is 213 cm³/mol. The molecule has 2 aromatic rings. The number of hydrogen-bond acceptors (Lipinski definition) is 11. The first-order chi connectivity index (χ1) is 27.5. The Morgan fingerprint density at radius 3 is 2.51 bits per heavy atom. The zero-order chi connectivity index (χ0) is 40.6. The highest BCUT2D eigenvalue weighted by molar-refractivity contribution is 6.15. The molecule has 4 heterocycles. The number of amides is 3. The smallest absolute Gasteiger partial charge is 0.329 e. The molecule has 0 radical (unpaired) electrons. The lowest BCUT2D eigenvalue weighted by Gasteiger charge is -2.37. The van der Waals surface area contributed by atoms with Crippen molar-refractivity contribution < 1.29 is 23.2 Å². The number of nitrogens with one attached hydrogen (secondary N) is 6. The van der Waals surface area contributed by atoms with Gasteiger partial charge in [-0.1, -0.05) is 24.8 Å². The average molecular weight is 786 g/mol. The number of piperidine rings is 1. The minimum atomic E-state index is -3.10. The third-order valence-electron chi connectivity index (χ3n) is 11.0. The fraction of sp³-hybridized carbons (Fsp3) is 0.475. The number of alkyl halides is 2. The molecule has 3 aliphatic heterocycles. The van der Waals surface area contributed by atoms with Crippen LogP contribution in [0.1, 0.15) is 63.5 Å². The van der Waals surface area contributed by atoms with Crippen LogP contribution in [0.2, 0.25) is 0 Å². The highest BCUT2D eigenvalue weighted by atomic mass is 19.3. The van der Waals surface area contributed by atoms with Crippen LogP contribution in [0, 0.1) is 28.6 Å². The molecule has 1 aromatic heterocycles. The van der Waals surface area contributed by atoms with Gasteiger partial charge in [-0.05, 0) is 62.7 Å². The Hall–Kier alpha value is -5.73. The molecule has 6 N–H and O–H groups in total. The molecule has 6 rings (SSSR count). The summed E-state index contributed by atoms with van der Waals surface area (Å²) >= 11 is 0. The van der Waals surface area contributed by atoms with E-state index >= 15 is 0 Å². The molecule has 0 spiro atoms. The van der Waals surface area contributed by atoms with E-state index in [9.17, 15) is 28.0 Å². The molecule has 4 aliphatic rings. The van der Waals surface area contributed by atoms with E-state index in [-0.39, 0.29) is 47.6 Å². The summed E-state index contributed by atoms with van der Waals surface area (Å²) in [6.45, 7) is 6.98. The van der Waals surface area contributed by atoms with Gasteiger partial charge in [-0.2, -0.15) is 0 Å². The minimum Gasteiger partial charge on any atom is -0.386 e. The number of aliphatic imine (C=N–C) groups is 1. The zero-order valence-corrected chi connectivity index (χ0v) is 32.2. The number of piperazine rings is 1. The molecule has 0 bridgehead atoms. The largest absolute Gasteiger partial charge is 0.386 e. The Labute approximate surface area is 329 Å². The van der Waals surface area contributed by atoms with E-state index in [2.05, 4.69) is 47.9 Å². The van der Waals surface area contributed by atoms with Gasteiger partial charge in [0.1, 0.15) is 17.6 Å². The Bertz CT molecular complexity index is 2160. The zero-order valence-electron chi connectivity index (χ0n) is 32.2. The molecule has 57 heavy (non-hydrogen) atoms. The van der Waals surface area contributed by atoms with Crippen LogP contribution in [0.4, 0.5) is 8.78 Å². The van der Waals surface area contributed by atoms with Gasteiger partial charge in [-0.25, -0.2) is 18.6 Å². The summed E-state index contributed by atoms with van der Waals surface area (Å²) in [7, 11) is 1.67. The number of rotatable bonds is 12. The number of fused-ring (bicyclic) bond motifs is 1. The second-order valence-electron chi connectivity index (χ2n) is 14.7. The molecule has 1 aromatic carbocycles. The number of hydrogen-bond donors (Lipinski definition) is 6. The van der Waals surface area contributed by atoms with Crippen molar-refractivity contribution in [3.63, 3.8) is 0 Å². The van der Waals surface area contributed by atoms with E-state index in [4.69, 9.17) is 10.8 Å². The summed E-state index contributed by atoms with van der Waals surface area (Å²) < 4.78 is 30.2. The molecule has 1 saturated carbocycles. The second kappa shape index (κ2) is 18.5. The van der Waals surface area contributed by atoms with Gasteiger partial charge < -0.3 is 26.3 Å². The number of aryl methyl sites for hydroxylation is 1. The Balaban J connectivity index is 0.976. The van der Waals surface area contributed by atoms with Gasteiger partial charge in [0.25, 0.3) is 12.3 Å². The summed E-state index contributed by atoms with van der Waals surface area (Å²) in [5, 5.41) is 26.4. The molecule has 15 nitrogen and oxygen atoms in total. The van der Waals surface area contributed by atoms with Crippen LogP contribution in [0.25, 0.3) is 11.0 Å². The molecule has 17 heteroatoms. The summed E-state index contributed by atoms with van der Waals surface area (Å²) in [5.41, 5.74) is 0.814. The topological polar surface area (TPSA) is 193 Å². The van der Waals surface area contributed by atoms with Crippen molar-refractivity contribution in [2.24, 2.45) is 18.0 Å². The number of benzene rings is 1. The van der Waals surface area contributed by atoms with Gasteiger partial charge in [0, 0.05) is 76.6 Å². The Morgan fingerprint density at radius 2 is 1.82 bits per heavy atom. The number of para-hydroxylation sites is 1. The number of nitrogens with zero attached hydrogens (tertiary/aromatic N) is 5. The number of carbonyl (C=O) groups is 3. The number of carbonyl (C=O) groups excluding carboxylic acids is 3. The highest BCUT2D eigenvalue weighted by Crippen LogP contribution is 2.27. The van der Waals surface area contributed by atoms with Crippen molar-refractivity contribution in [1.29, 1.82) is 10.8 Å². The molecular weight excluding hydrogens is 737 g/mol. The van der Waals surface area contributed by atoms with Crippen LogP contribution in [0.3, 0.4) is 0 Å². The van der Waals surface area contributed by atoms with E-state index in [1.54, 1.807) is 25.4 Å². The van der Waals surface area contributed by atoms with Crippen LogP contribution >= 0.6 is 0 Å². The third kappa shape index (κ3) is 9.63. The van der Waals surface area contributed by atoms with Crippen LogP contribution < -0.4 is 27.0 Å². The van der Waals surface area contributed by atoms with Crippen LogP contribution in [-0.4, -0.2) is 106 Å². The van der Waals surface area contributed by atoms with Crippen molar-refractivity contribution in [2.75, 3.05) is 39.3 Å². The fourth-order valence-corrected chi connectivity index (χ4v) is 7.72. The average Bonchev–Trinajstić information content (AvgIpc) is 3.46. The SMILES string of the molecule is CCC1=N/C(=C(/C=N)C(=O)N/C(=C/N[C@H]2CC[C@H](CN3CCN(CC#Cc4cccc5c4n(C)c(=O)n5C4CCC(=O)NC4=O)CC3)CC2)C(=N)C(F)F)NC=C1. The maximum absolute atomic E-state index is 13.6. The van der Waals surface area contributed by atoms with Crippen molar-refractivity contribution >= 4 is 46.4 Å². The van der Waals surface area contributed by atoms with Gasteiger partial charge in [0.15, 0.2) is 0 Å². The first-order valence-corrected chi connectivity index (χ1v) is 19.3. The number of halogens is 2. The summed E-state index contributed by atoms with van der Waals surface area (Å²) in [6.07, 6.45) is 6.90. The fourth-order valence-electron chi connectivity index (χ4n) is 7.72. The van der Waals surface area contributed by atoms with Crippen molar-refractivity contribution in [2.45, 2.75) is 70.4 Å². The maximum atomic E-state index is 13.6. The lowest BCUT2D eigenvalue weighted by molar-refractivity contribution is -0.135. The Kier molecular flexibility index (Phi) is 13.3. The van der Waals surface area contributed by atoms with Gasteiger partial charge >= 0.3 is 5.69 Å². The van der Waals surface area contributed by atoms with Gasteiger partial charge in [0.05, 0.1) is 34.4 Å². The summed E-state index contributed by atoms with van der Waals surface area (Å²) in [5.74, 6) is 5.53. The number of imidazole rings is 1. The van der Waals surface area contributed by atoms with Crippen LogP contribution in [0.5, 0.6) is 0 Å². The first kappa shape index (κ1) is 40.9. The molecule has 1 aliphatic carbocycles. The third-order valence-corrected chi connectivity index (χ3v) is 11.0. The molecule has 1 atom stereocenters. The molecule has 3 fully saturated rings. The van der Waals surface area contributed by atoms with Gasteiger partial charge in [-0.15, -0.1) is 0 Å². The van der Waals surface area contributed by atoms with E-state index in [0.717, 1.165) is 64.6 Å². The Morgan fingerprint density at radius 1 is 1.09 bits per heavy atom. The van der Waals surface area contributed by atoms with Gasteiger partial charge in [0.2, 0.25) is 11.8 Å². The first-order valence-electron chi connectivity index (χ1n) is 19.3.